The van der Waals surface area contributed by atoms with Gasteiger partial charge in [0.1, 0.15) is 6.61 Å². The molecule has 0 aliphatic heterocycles. The average molecular weight is 380 g/mol. The van der Waals surface area contributed by atoms with E-state index in [0.29, 0.717) is 6.42 Å². The Morgan fingerprint density at radius 1 is 1.12 bits per heavy atom. The molecule has 1 amide bonds. The summed E-state index contributed by atoms with van der Waals surface area (Å²) in [6, 6.07) is 12.4. The van der Waals surface area contributed by atoms with E-state index in [0.717, 1.165) is 5.56 Å². The Morgan fingerprint density at radius 2 is 1.81 bits per heavy atom. The second-order valence-corrected chi connectivity index (χ2v) is 7.37. The van der Waals surface area contributed by atoms with Crippen LogP contribution in [0.1, 0.15) is 12.0 Å². The lowest BCUT2D eigenvalue weighted by Crippen LogP contribution is -2.28. The molecule has 2 N–H and O–H groups in total. The van der Waals surface area contributed by atoms with Gasteiger partial charge in [-0.05, 0) is 43.3 Å². The van der Waals surface area contributed by atoms with Gasteiger partial charge in [-0.1, -0.05) is 24.3 Å². The molecule has 26 heavy (non-hydrogen) atoms. The Bertz CT molecular complexity index is 839. The monoisotopic (exact) mass is 380 g/mol. The molecular formula is C18H21FN2O4S. The molecule has 0 aliphatic carbocycles. The van der Waals surface area contributed by atoms with Crippen molar-refractivity contribution in [1.82, 2.24) is 10.0 Å². The molecule has 0 saturated carbocycles. The van der Waals surface area contributed by atoms with Crippen molar-refractivity contribution in [2.75, 3.05) is 20.2 Å². The highest BCUT2D eigenvalue weighted by Crippen LogP contribution is 2.15. The Hall–Kier alpha value is -2.45. The molecule has 8 heteroatoms. The van der Waals surface area contributed by atoms with E-state index in [2.05, 4.69) is 10.0 Å². The van der Waals surface area contributed by atoms with E-state index in [4.69, 9.17) is 4.74 Å². The standard InChI is InChI=1S/C18H21FN2O4S/c1-20-26(23,24)15-9-6-14(7-10-15)8-11-18(22)21-12-13-25-17-5-3-2-4-16(17)19/h2-7,9-10,20H,8,11-13H2,1H3,(H,21,22). The number of ether oxygens (including phenoxy) is 1. The fourth-order valence-electron chi connectivity index (χ4n) is 2.21. The van der Waals surface area contributed by atoms with Gasteiger partial charge in [-0.15, -0.1) is 0 Å². The van der Waals surface area contributed by atoms with Gasteiger partial charge in [-0.3, -0.25) is 4.79 Å². The van der Waals surface area contributed by atoms with Crippen LogP contribution in [0.2, 0.25) is 0 Å². The molecule has 0 spiro atoms. The minimum Gasteiger partial charge on any atom is -0.489 e. The first-order valence-corrected chi connectivity index (χ1v) is 9.57. The number of hydrogen-bond acceptors (Lipinski definition) is 4. The van der Waals surface area contributed by atoms with Crippen molar-refractivity contribution in [1.29, 1.82) is 0 Å². The molecule has 0 saturated heterocycles. The third-order valence-electron chi connectivity index (χ3n) is 3.66. The molecule has 0 atom stereocenters. The number of rotatable bonds is 9. The van der Waals surface area contributed by atoms with E-state index in [1.54, 1.807) is 24.3 Å². The molecule has 0 bridgehead atoms. The number of carbonyl (C=O) groups is 1. The summed E-state index contributed by atoms with van der Waals surface area (Å²) in [5, 5.41) is 2.70. The first-order chi connectivity index (χ1) is 12.4. The summed E-state index contributed by atoms with van der Waals surface area (Å²) in [6.45, 7) is 0.440. The van der Waals surface area contributed by atoms with Gasteiger partial charge in [-0.2, -0.15) is 0 Å². The van der Waals surface area contributed by atoms with Crippen LogP contribution < -0.4 is 14.8 Å². The quantitative estimate of drug-likeness (QED) is 0.651. The highest BCUT2D eigenvalue weighted by Gasteiger charge is 2.10. The van der Waals surface area contributed by atoms with Crippen molar-refractivity contribution in [3.8, 4) is 5.75 Å². The normalized spacial score (nSPS) is 11.2. The molecule has 2 aromatic carbocycles. The van der Waals surface area contributed by atoms with Gasteiger partial charge in [0, 0.05) is 6.42 Å². The smallest absolute Gasteiger partial charge is 0.240 e. The minimum atomic E-state index is -3.46. The molecule has 0 unspecified atom stereocenters. The van der Waals surface area contributed by atoms with Crippen LogP contribution in [-0.4, -0.2) is 34.5 Å². The molecule has 2 rings (SSSR count). The van der Waals surface area contributed by atoms with Crippen LogP contribution >= 0.6 is 0 Å². The second kappa shape index (κ2) is 9.30. The molecule has 0 fully saturated rings. The average Bonchev–Trinajstić information content (AvgIpc) is 2.65. The summed E-state index contributed by atoms with van der Waals surface area (Å²) >= 11 is 0. The summed E-state index contributed by atoms with van der Waals surface area (Å²) in [6.07, 6.45) is 0.748. The SMILES string of the molecule is CNS(=O)(=O)c1ccc(CCC(=O)NCCOc2ccccc2F)cc1. The van der Waals surface area contributed by atoms with Gasteiger partial charge in [0.05, 0.1) is 11.4 Å². The lowest BCUT2D eigenvalue weighted by molar-refractivity contribution is -0.121. The predicted octanol–water partition coefficient (Wildman–Crippen LogP) is 1.86. The van der Waals surface area contributed by atoms with Gasteiger partial charge >= 0.3 is 0 Å². The zero-order chi connectivity index (χ0) is 19.0. The number of halogens is 1. The summed E-state index contributed by atoms with van der Waals surface area (Å²) in [7, 11) is -2.11. The van der Waals surface area contributed by atoms with Crippen molar-refractivity contribution >= 4 is 15.9 Å². The molecule has 0 aromatic heterocycles. The van der Waals surface area contributed by atoms with Crippen molar-refractivity contribution in [2.45, 2.75) is 17.7 Å². The first kappa shape index (κ1) is 19.9. The summed E-state index contributed by atoms with van der Waals surface area (Å²) in [5.74, 6) is -0.449. The van der Waals surface area contributed by atoms with Crippen molar-refractivity contribution in [3.63, 3.8) is 0 Å². The third kappa shape index (κ3) is 5.82. The molecular weight excluding hydrogens is 359 g/mol. The van der Waals surface area contributed by atoms with E-state index >= 15 is 0 Å². The van der Waals surface area contributed by atoms with Gasteiger partial charge in [0.15, 0.2) is 11.6 Å². The number of para-hydroxylation sites is 1. The van der Waals surface area contributed by atoms with E-state index in [9.17, 15) is 17.6 Å². The number of amides is 1. The number of sulfonamides is 1. The summed E-state index contributed by atoms with van der Waals surface area (Å²) in [4.78, 5) is 12.0. The zero-order valence-corrected chi connectivity index (χ0v) is 15.2. The Kier molecular flexibility index (Phi) is 7.11. The van der Waals surface area contributed by atoms with Crippen molar-refractivity contribution in [2.24, 2.45) is 0 Å². The van der Waals surface area contributed by atoms with E-state index in [-0.39, 0.29) is 36.1 Å². The number of benzene rings is 2. The van der Waals surface area contributed by atoms with Crippen LogP contribution in [0, 0.1) is 5.82 Å². The minimum absolute atomic E-state index is 0.151. The predicted molar refractivity (Wildman–Crippen MR) is 95.9 cm³/mol. The second-order valence-electron chi connectivity index (χ2n) is 5.48. The van der Waals surface area contributed by atoms with Crippen LogP contribution in [0.4, 0.5) is 4.39 Å². The van der Waals surface area contributed by atoms with Crippen LogP contribution in [0.25, 0.3) is 0 Å². The fraction of sp³-hybridized carbons (Fsp3) is 0.278. The summed E-state index contributed by atoms with van der Waals surface area (Å²) < 4.78 is 44.1. The van der Waals surface area contributed by atoms with E-state index < -0.39 is 15.8 Å². The van der Waals surface area contributed by atoms with Crippen molar-refractivity contribution in [3.05, 3.63) is 59.9 Å². The zero-order valence-electron chi connectivity index (χ0n) is 14.4. The molecule has 0 heterocycles. The third-order valence-corrected chi connectivity index (χ3v) is 5.09. The topological polar surface area (TPSA) is 84.5 Å². The van der Waals surface area contributed by atoms with Gasteiger partial charge in [0.2, 0.25) is 15.9 Å². The van der Waals surface area contributed by atoms with Crippen LogP contribution in [0.5, 0.6) is 5.75 Å². The first-order valence-electron chi connectivity index (χ1n) is 8.09. The maximum absolute atomic E-state index is 13.4. The van der Waals surface area contributed by atoms with Crippen LogP contribution in [0.15, 0.2) is 53.4 Å². The van der Waals surface area contributed by atoms with Crippen molar-refractivity contribution < 1.29 is 22.3 Å². The number of carbonyl (C=O) groups excluding carboxylic acids is 1. The van der Waals surface area contributed by atoms with E-state index in [1.165, 1.54) is 31.3 Å². The lowest BCUT2D eigenvalue weighted by Gasteiger charge is -2.08. The Morgan fingerprint density at radius 3 is 2.46 bits per heavy atom. The highest BCUT2D eigenvalue weighted by atomic mass is 32.2. The lowest BCUT2D eigenvalue weighted by atomic mass is 10.1. The van der Waals surface area contributed by atoms with Gasteiger partial charge in [-0.25, -0.2) is 17.5 Å². The Labute approximate surface area is 152 Å². The van der Waals surface area contributed by atoms with Crippen LogP contribution in [0.3, 0.4) is 0 Å². The molecule has 140 valence electrons. The van der Waals surface area contributed by atoms with Crippen LogP contribution in [-0.2, 0) is 21.2 Å². The maximum atomic E-state index is 13.4. The molecule has 0 aliphatic rings. The summed E-state index contributed by atoms with van der Waals surface area (Å²) in [5.41, 5.74) is 0.859. The molecule has 2 aromatic rings. The number of nitrogens with one attached hydrogen (secondary N) is 2. The van der Waals surface area contributed by atoms with Gasteiger partial charge in [0.25, 0.3) is 0 Å². The highest BCUT2D eigenvalue weighted by molar-refractivity contribution is 7.89. The van der Waals surface area contributed by atoms with Gasteiger partial charge < -0.3 is 10.1 Å². The number of hydrogen-bond donors (Lipinski definition) is 2. The van der Waals surface area contributed by atoms with E-state index in [1.807, 2.05) is 0 Å². The maximum Gasteiger partial charge on any atom is 0.240 e. The molecule has 0 radical (unpaired) electrons. The Balaban J connectivity index is 1.71. The number of aryl methyl sites for hydroxylation is 1. The molecule has 6 nitrogen and oxygen atoms in total. The largest absolute Gasteiger partial charge is 0.489 e. The fourth-order valence-corrected chi connectivity index (χ4v) is 2.94.